The van der Waals surface area contributed by atoms with Gasteiger partial charge in [-0.1, -0.05) is 20.8 Å². The molecular formula is C15H21F2O2Si. The predicted octanol–water partition coefficient (Wildman–Crippen LogP) is 3.82. The van der Waals surface area contributed by atoms with Crippen molar-refractivity contribution in [2.24, 2.45) is 5.92 Å². The largest absolute Gasteiger partial charge is 0.505 e. The summed E-state index contributed by atoms with van der Waals surface area (Å²) in [5, 5.41) is 9.48. The normalized spacial score (nSPS) is 18.6. The van der Waals surface area contributed by atoms with E-state index < -0.39 is 26.4 Å². The Morgan fingerprint density at radius 3 is 2.50 bits per heavy atom. The van der Waals surface area contributed by atoms with Crippen molar-refractivity contribution in [3.63, 3.8) is 0 Å². The Bertz CT molecular complexity index is 512. The molecule has 0 fully saturated rings. The molecule has 0 spiro atoms. The maximum Gasteiger partial charge on any atom is 0.213 e. The van der Waals surface area contributed by atoms with Crippen LogP contribution < -0.4 is 0 Å². The summed E-state index contributed by atoms with van der Waals surface area (Å²) in [5.41, 5.74) is 0.714. The van der Waals surface area contributed by atoms with Crippen LogP contribution in [0.5, 0.6) is 5.75 Å². The van der Waals surface area contributed by atoms with Crippen LogP contribution in [-0.2, 0) is 17.3 Å². The average molecular weight is 299 g/mol. The van der Waals surface area contributed by atoms with E-state index in [1.54, 1.807) is 0 Å². The number of rotatable bonds is 3. The van der Waals surface area contributed by atoms with E-state index in [1.807, 2.05) is 0 Å². The van der Waals surface area contributed by atoms with E-state index in [-0.39, 0.29) is 11.0 Å². The van der Waals surface area contributed by atoms with Crippen LogP contribution in [0.1, 0.15) is 31.9 Å². The fourth-order valence-corrected chi connectivity index (χ4v) is 3.28. The van der Waals surface area contributed by atoms with Crippen molar-refractivity contribution in [1.29, 1.82) is 0 Å². The Morgan fingerprint density at radius 2 is 1.90 bits per heavy atom. The molecule has 1 aromatic carbocycles. The number of hydrogen-bond donors (Lipinski definition) is 1. The lowest BCUT2D eigenvalue weighted by Crippen LogP contribution is -2.28. The molecule has 0 aliphatic heterocycles. The second-order valence-electron chi connectivity index (χ2n) is 6.54. The van der Waals surface area contributed by atoms with Crippen LogP contribution in [0.3, 0.4) is 0 Å². The standard InChI is InChI=1S/C15H21F2O2Si/c1-15(2,3)20(4)19-8-9-5-10-11(6-9)14(17)13(18)7-12(10)16/h7,9,18H,5-6,8H2,1-4H3. The first-order valence-electron chi connectivity index (χ1n) is 6.85. The zero-order chi connectivity index (χ0) is 15.1. The van der Waals surface area contributed by atoms with Crippen molar-refractivity contribution >= 4 is 9.04 Å². The number of fused-ring (bicyclic) bond motifs is 1. The van der Waals surface area contributed by atoms with Crippen LogP contribution in [0.15, 0.2) is 6.07 Å². The molecule has 1 aliphatic rings. The Labute approximate surface area is 120 Å². The summed E-state index contributed by atoms with van der Waals surface area (Å²) in [7, 11) is -0.944. The van der Waals surface area contributed by atoms with Gasteiger partial charge in [0, 0.05) is 12.7 Å². The van der Waals surface area contributed by atoms with Gasteiger partial charge in [0.15, 0.2) is 11.6 Å². The zero-order valence-corrected chi connectivity index (χ0v) is 13.4. The third-order valence-corrected chi connectivity index (χ3v) is 6.70. The fraction of sp³-hybridized carbons (Fsp3) is 0.600. The highest BCUT2D eigenvalue weighted by atomic mass is 28.3. The van der Waals surface area contributed by atoms with E-state index >= 15 is 0 Å². The minimum Gasteiger partial charge on any atom is -0.505 e. The van der Waals surface area contributed by atoms with Gasteiger partial charge in [0.25, 0.3) is 0 Å². The number of halogens is 2. The Morgan fingerprint density at radius 1 is 1.30 bits per heavy atom. The highest BCUT2D eigenvalue weighted by Crippen LogP contribution is 2.36. The topological polar surface area (TPSA) is 29.5 Å². The van der Waals surface area contributed by atoms with Gasteiger partial charge in [-0.3, -0.25) is 0 Å². The van der Waals surface area contributed by atoms with E-state index in [0.717, 1.165) is 6.07 Å². The predicted molar refractivity (Wildman–Crippen MR) is 76.2 cm³/mol. The molecule has 2 nitrogen and oxygen atoms in total. The van der Waals surface area contributed by atoms with E-state index in [9.17, 15) is 13.9 Å². The van der Waals surface area contributed by atoms with Gasteiger partial charge in [-0.05, 0) is 41.5 Å². The number of phenolic OH excluding ortho intramolecular Hbond substituents is 1. The monoisotopic (exact) mass is 299 g/mol. The van der Waals surface area contributed by atoms with Crippen molar-refractivity contribution in [2.45, 2.75) is 45.2 Å². The quantitative estimate of drug-likeness (QED) is 0.860. The summed E-state index contributed by atoms with van der Waals surface area (Å²) in [6.45, 7) is 9.06. The Balaban J connectivity index is 2.04. The van der Waals surface area contributed by atoms with Crippen LogP contribution in [0.2, 0.25) is 11.6 Å². The molecule has 1 unspecified atom stereocenters. The average Bonchev–Trinajstić information content (AvgIpc) is 2.76. The number of aromatic hydroxyl groups is 1. The van der Waals surface area contributed by atoms with Crippen molar-refractivity contribution in [1.82, 2.24) is 0 Å². The third kappa shape index (κ3) is 3.04. The first-order valence-corrected chi connectivity index (χ1v) is 8.76. The van der Waals surface area contributed by atoms with Gasteiger partial charge in [-0.2, -0.15) is 0 Å². The molecule has 1 aliphatic carbocycles. The van der Waals surface area contributed by atoms with Crippen LogP contribution in [-0.4, -0.2) is 20.8 Å². The zero-order valence-electron chi connectivity index (χ0n) is 12.4. The molecule has 5 heteroatoms. The summed E-state index contributed by atoms with van der Waals surface area (Å²) >= 11 is 0. The molecule has 0 saturated heterocycles. The minimum atomic E-state index is -0.944. The summed E-state index contributed by atoms with van der Waals surface area (Å²) in [6.07, 6.45) is 0.920. The van der Waals surface area contributed by atoms with Crippen molar-refractivity contribution in [2.75, 3.05) is 6.61 Å². The lowest BCUT2D eigenvalue weighted by molar-refractivity contribution is 0.245. The van der Waals surface area contributed by atoms with Gasteiger partial charge in [-0.15, -0.1) is 0 Å². The second-order valence-corrected chi connectivity index (χ2v) is 9.44. The van der Waals surface area contributed by atoms with Crippen molar-refractivity contribution in [3.05, 3.63) is 28.8 Å². The molecule has 111 valence electrons. The second kappa shape index (κ2) is 5.45. The smallest absolute Gasteiger partial charge is 0.213 e. The van der Waals surface area contributed by atoms with E-state index in [4.69, 9.17) is 4.43 Å². The molecule has 1 aromatic rings. The summed E-state index contributed by atoms with van der Waals surface area (Å²) in [4.78, 5) is 0. The maximum absolute atomic E-state index is 13.8. The molecule has 20 heavy (non-hydrogen) atoms. The van der Waals surface area contributed by atoms with Gasteiger partial charge in [0.1, 0.15) is 5.82 Å². The summed E-state index contributed by atoms with van der Waals surface area (Å²) in [5.74, 6) is -1.70. The number of hydrogen-bond acceptors (Lipinski definition) is 2. The minimum absolute atomic E-state index is 0.0955. The Hall–Kier alpha value is -0.943. The highest BCUT2D eigenvalue weighted by molar-refractivity contribution is 6.53. The van der Waals surface area contributed by atoms with Gasteiger partial charge < -0.3 is 9.53 Å². The van der Waals surface area contributed by atoms with Crippen molar-refractivity contribution in [3.8, 4) is 5.75 Å². The van der Waals surface area contributed by atoms with Gasteiger partial charge in [-0.25, -0.2) is 8.78 Å². The molecule has 1 atom stereocenters. The van der Waals surface area contributed by atoms with Gasteiger partial charge in [0.05, 0.1) is 0 Å². The summed E-state index contributed by atoms with van der Waals surface area (Å²) in [6, 6.07) is 0.863. The molecule has 1 radical (unpaired) electrons. The van der Waals surface area contributed by atoms with Gasteiger partial charge >= 0.3 is 0 Å². The van der Waals surface area contributed by atoms with Crippen LogP contribution in [0.4, 0.5) is 8.78 Å². The van der Waals surface area contributed by atoms with Crippen LogP contribution >= 0.6 is 0 Å². The molecule has 0 amide bonds. The van der Waals surface area contributed by atoms with Crippen LogP contribution in [0.25, 0.3) is 0 Å². The first-order chi connectivity index (χ1) is 9.20. The molecule has 0 heterocycles. The van der Waals surface area contributed by atoms with E-state index in [2.05, 4.69) is 27.3 Å². The highest BCUT2D eigenvalue weighted by Gasteiger charge is 2.31. The molecule has 0 aromatic heterocycles. The SMILES string of the molecule is C[Si](OCC1Cc2c(F)cc(O)c(F)c2C1)C(C)(C)C. The number of phenols is 1. The maximum atomic E-state index is 13.8. The van der Waals surface area contributed by atoms with Gasteiger partial charge in [0.2, 0.25) is 9.04 Å². The molecule has 1 N–H and O–H groups in total. The van der Waals surface area contributed by atoms with E-state index in [1.165, 1.54) is 0 Å². The first kappa shape index (κ1) is 15.4. The van der Waals surface area contributed by atoms with Crippen LogP contribution in [0, 0.1) is 17.6 Å². The Kier molecular flexibility index (Phi) is 4.21. The molecular weight excluding hydrogens is 278 g/mol. The third-order valence-electron chi connectivity index (χ3n) is 3.98. The number of benzene rings is 1. The molecule has 0 saturated carbocycles. The lowest BCUT2D eigenvalue weighted by atomic mass is 10.1. The fourth-order valence-electron chi connectivity index (χ4n) is 2.36. The van der Waals surface area contributed by atoms with E-state index in [0.29, 0.717) is 30.6 Å². The van der Waals surface area contributed by atoms with Crippen molar-refractivity contribution < 1.29 is 18.3 Å². The molecule has 2 rings (SSSR count). The summed E-state index contributed by atoms with van der Waals surface area (Å²) < 4.78 is 33.5. The molecule has 0 bridgehead atoms. The lowest BCUT2D eigenvalue weighted by Gasteiger charge is -2.26.